The van der Waals surface area contributed by atoms with Crippen LogP contribution in [-0.4, -0.2) is 48.0 Å². The van der Waals surface area contributed by atoms with Crippen molar-refractivity contribution in [3.8, 4) is 0 Å². The number of carboxylic acids is 2. The van der Waals surface area contributed by atoms with Gasteiger partial charge in [-0.1, -0.05) is 25.3 Å². The molecule has 0 saturated carbocycles. The van der Waals surface area contributed by atoms with E-state index in [1.807, 2.05) is 45.9 Å². The Morgan fingerprint density at radius 3 is 2.04 bits per heavy atom. The number of aryl methyl sites for hydroxylation is 3. The Labute approximate surface area is 259 Å². The van der Waals surface area contributed by atoms with Crippen molar-refractivity contribution in [3.05, 3.63) is 88.0 Å². The first-order valence-electron chi connectivity index (χ1n) is 14.5. The highest BCUT2D eigenvalue weighted by atomic mass is 16.4. The second-order valence-corrected chi connectivity index (χ2v) is 11.2. The molecule has 0 aromatic carbocycles. The van der Waals surface area contributed by atoms with E-state index in [4.69, 9.17) is 15.7 Å². The van der Waals surface area contributed by atoms with E-state index in [1.165, 1.54) is 0 Å². The maximum Gasteiger partial charge on any atom is 0.303 e. The number of allylic oxidation sites excluding steroid dienone is 5. The maximum absolute atomic E-state index is 13.1. The van der Waals surface area contributed by atoms with Crippen LogP contribution in [0.5, 0.6) is 0 Å². The Morgan fingerprint density at radius 2 is 1.42 bits per heavy atom. The van der Waals surface area contributed by atoms with Gasteiger partial charge in [0, 0.05) is 40.5 Å². The smallest absolute Gasteiger partial charge is 0.303 e. The summed E-state index contributed by atoms with van der Waals surface area (Å²) in [6, 6.07) is 5.58. The number of nitrogens with two attached hydrogens (primary N) is 1. The van der Waals surface area contributed by atoms with Crippen LogP contribution in [0.1, 0.15) is 88.5 Å². The molecule has 230 valence electrons. The molecule has 2 aliphatic heterocycles. The number of hydrogen-bond donors (Lipinski definition) is 5. The van der Waals surface area contributed by atoms with Gasteiger partial charge in [0.05, 0.1) is 33.9 Å². The van der Waals surface area contributed by atoms with Crippen LogP contribution in [0.2, 0.25) is 0 Å². The van der Waals surface area contributed by atoms with Crippen molar-refractivity contribution in [2.24, 2.45) is 5.73 Å². The van der Waals surface area contributed by atoms with Crippen molar-refractivity contribution in [3.63, 3.8) is 0 Å². The molecule has 0 atom stereocenters. The van der Waals surface area contributed by atoms with Crippen molar-refractivity contribution in [1.29, 1.82) is 0 Å². The lowest BCUT2D eigenvalue weighted by Crippen LogP contribution is -2.14. The Morgan fingerprint density at radius 1 is 0.800 bits per heavy atom. The molecule has 1 amide bonds. The number of fused-ring (bicyclic) bond motifs is 8. The lowest BCUT2D eigenvalue weighted by molar-refractivity contribution is -0.137. The Hall–Kier alpha value is -5.51. The van der Waals surface area contributed by atoms with Crippen LogP contribution in [0.3, 0.4) is 0 Å². The predicted molar refractivity (Wildman–Crippen MR) is 177 cm³/mol. The van der Waals surface area contributed by atoms with Gasteiger partial charge in [-0.3, -0.25) is 14.4 Å². The Balaban J connectivity index is 2.02. The van der Waals surface area contributed by atoms with E-state index in [1.54, 1.807) is 12.2 Å². The van der Waals surface area contributed by atoms with Crippen LogP contribution in [-0.2, 0) is 16.0 Å². The highest BCUT2D eigenvalue weighted by molar-refractivity contribution is 6.10. The fourth-order valence-corrected chi connectivity index (χ4v) is 6.12. The monoisotopic (exact) mass is 605 g/mol. The quantitative estimate of drug-likeness (QED) is 0.182. The van der Waals surface area contributed by atoms with E-state index in [9.17, 15) is 24.6 Å². The zero-order chi connectivity index (χ0) is 32.7. The molecule has 3 aromatic heterocycles. The molecule has 10 nitrogen and oxygen atoms in total. The highest BCUT2D eigenvalue weighted by Crippen LogP contribution is 2.38. The van der Waals surface area contributed by atoms with E-state index < -0.39 is 17.8 Å². The minimum Gasteiger partial charge on any atom is -0.481 e. The minimum atomic E-state index is -0.926. The summed E-state index contributed by atoms with van der Waals surface area (Å²) in [6.45, 7) is 15.6. The summed E-state index contributed by atoms with van der Waals surface area (Å²) in [5, 5.41) is 19.0. The standard InChI is InChI=1S/C35H35N5O5/c1-7-20-19(6)33-32(35(36)45)34-21(8-2)16(3)26(39-34)13-24-17(4)22(9-11-30(41)42)28(37-24)15-29-23(10-12-31(43)44)18(5)25(38-29)14-27(20)40-33/h7-8,13-15,38-39H,1-2,9-12H2,3-6H3,(H2,36,45)(H,41,42)(H,43,44). The summed E-state index contributed by atoms with van der Waals surface area (Å²) >= 11 is 0. The number of carbonyl (C=O) groups is 3. The first-order valence-corrected chi connectivity index (χ1v) is 14.5. The Kier molecular flexibility index (Phi) is 8.16. The molecule has 0 spiro atoms. The van der Waals surface area contributed by atoms with Crippen molar-refractivity contribution in [2.45, 2.75) is 53.4 Å². The number of hydrogen-bond acceptors (Lipinski definition) is 5. The summed E-state index contributed by atoms with van der Waals surface area (Å²) < 4.78 is 0. The van der Waals surface area contributed by atoms with E-state index in [-0.39, 0.29) is 31.2 Å². The van der Waals surface area contributed by atoms with Gasteiger partial charge in [0.25, 0.3) is 5.91 Å². The fourth-order valence-electron chi connectivity index (χ4n) is 6.12. The van der Waals surface area contributed by atoms with Gasteiger partial charge in [0.2, 0.25) is 0 Å². The van der Waals surface area contributed by atoms with Crippen LogP contribution < -0.4 is 5.73 Å². The molecule has 10 heteroatoms. The summed E-state index contributed by atoms with van der Waals surface area (Å²) in [7, 11) is 0. The van der Waals surface area contributed by atoms with Gasteiger partial charge in [-0.05, 0) is 92.1 Å². The van der Waals surface area contributed by atoms with Crippen LogP contribution >= 0.6 is 0 Å². The number of aromatic nitrogens is 4. The van der Waals surface area contributed by atoms with Gasteiger partial charge < -0.3 is 25.9 Å². The van der Waals surface area contributed by atoms with Crippen molar-refractivity contribution >= 4 is 68.3 Å². The van der Waals surface area contributed by atoms with Crippen molar-refractivity contribution in [2.75, 3.05) is 0 Å². The zero-order valence-electron chi connectivity index (χ0n) is 25.7. The number of aromatic amines is 2. The summed E-state index contributed by atoms with van der Waals surface area (Å²) in [5.74, 6) is -2.52. The molecule has 5 rings (SSSR count). The first kappa shape index (κ1) is 30.9. The second kappa shape index (κ2) is 11.9. The second-order valence-electron chi connectivity index (χ2n) is 11.2. The molecule has 0 unspecified atom stereocenters. The van der Waals surface area contributed by atoms with Crippen LogP contribution in [0.15, 0.2) is 37.4 Å². The molecule has 2 aliphatic rings. The van der Waals surface area contributed by atoms with E-state index in [0.717, 1.165) is 39.0 Å². The number of aliphatic carboxylic acids is 2. The highest BCUT2D eigenvalue weighted by Gasteiger charge is 2.25. The van der Waals surface area contributed by atoms with Crippen molar-refractivity contribution < 1.29 is 24.6 Å². The number of primary amides is 1. The van der Waals surface area contributed by atoms with Crippen LogP contribution in [0.25, 0.3) is 50.4 Å². The lowest BCUT2D eigenvalue weighted by Gasteiger charge is -2.03. The van der Waals surface area contributed by atoms with E-state index >= 15 is 0 Å². The van der Waals surface area contributed by atoms with Gasteiger partial charge in [-0.25, -0.2) is 9.97 Å². The molecular weight excluding hydrogens is 570 g/mol. The van der Waals surface area contributed by atoms with Crippen LogP contribution in [0.4, 0.5) is 0 Å². The van der Waals surface area contributed by atoms with Crippen LogP contribution in [0, 0.1) is 13.8 Å². The number of nitrogens with zero attached hydrogens (tertiary/aromatic N) is 2. The van der Waals surface area contributed by atoms with Crippen molar-refractivity contribution in [1.82, 2.24) is 19.9 Å². The van der Waals surface area contributed by atoms with Gasteiger partial charge in [-0.15, -0.1) is 0 Å². The minimum absolute atomic E-state index is 0.0795. The molecule has 45 heavy (non-hydrogen) atoms. The largest absolute Gasteiger partial charge is 0.481 e. The molecule has 0 aliphatic carbocycles. The number of amides is 1. The number of H-pyrrole nitrogens is 2. The molecule has 8 bridgehead atoms. The topological polar surface area (TPSA) is 175 Å². The number of nitrogens with one attached hydrogen (secondary N) is 2. The Bertz CT molecular complexity index is 2070. The third-order valence-corrected chi connectivity index (χ3v) is 8.60. The molecule has 0 fully saturated rings. The van der Waals surface area contributed by atoms with Gasteiger partial charge >= 0.3 is 11.9 Å². The van der Waals surface area contributed by atoms with Gasteiger partial charge in [0.1, 0.15) is 0 Å². The molecular formula is C35H35N5O5. The molecule has 6 N–H and O–H groups in total. The lowest BCUT2D eigenvalue weighted by atomic mass is 10.00. The molecule has 0 radical (unpaired) electrons. The predicted octanol–water partition coefficient (Wildman–Crippen LogP) is 6.60. The normalized spacial score (nSPS) is 12.9. The molecule has 5 heterocycles. The zero-order valence-corrected chi connectivity index (χ0v) is 25.7. The third kappa shape index (κ3) is 5.50. The maximum atomic E-state index is 13.1. The number of carboxylic acid groups (broad SMARTS) is 2. The molecule has 0 saturated heterocycles. The first-order chi connectivity index (χ1) is 21.4. The summed E-state index contributed by atoms with van der Waals surface area (Å²) in [5.41, 5.74) is 17.2. The summed E-state index contributed by atoms with van der Waals surface area (Å²) in [4.78, 5) is 52.9. The average Bonchev–Trinajstić information content (AvgIpc) is 3.64. The van der Waals surface area contributed by atoms with Gasteiger partial charge in [-0.2, -0.15) is 0 Å². The molecule has 3 aromatic rings. The van der Waals surface area contributed by atoms with E-state index in [2.05, 4.69) is 23.1 Å². The number of carbonyl (C=O) groups excluding carboxylic acids is 1. The number of rotatable bonds is 9. The summed E-state index contributed by atoms with van der Waals surface area (Å²) in [6.07, 6.45) is 3.71. The average molecular weight is 606 g/mol. The van der Waals surface area contributed by atoms with Gasteiger partial charge in [0.15, 0.2) is 0 Å². The van der Waals surface area contributed by atoms with E-state index in [0.29, 0.717) is 50.4 Å². The third-order valence-electron chi connectivity index (χ3n) is 8.60. The fraction of sp³-hybridized carbons (Fsp3) is 0.229. The SMILES string of the molecule is C=CC1=C(C)c2nc1cc1[nH]c(cc3nc(cc4[nH]c(c(C=C)c4C)c2C(N)=O)C(C)=C3CCC(=O)O)c(CCC(=O)O)c1C.